The van der Waals surface area contributed by atoms with Crippen LogP contribution in [0.5, 0.6) is 5.75 Å². The number of pyridine rings is 1. The number of aromatic nitrogens is 1. The predicted molar refractivity (Wildman–Crippen MR) is 169 cm³/mol. The molecule has 11 heteroatoms. The average molecular weight is 606 g/mol. The lowest BCUT2D eigenvalue weighted by atomic mass is 10.1. The summed E-state index contributed by atoms with van der Waals surface area (Å²) in [6.45, 7) is 9.75. The number of fused-ring (bicyclic) bond motifs is 1. The lowest BCUT2D eigenvalue weighted by Gasteiger charge is -2.15. The zero-order valence-corrected chi connectivity index (χ0v) is 25.7. The number of hydrogen-bond donors (Lipinski definition) is 3. The topological polar surface area (TPSA) is 112 Å². The van der Waals surface area contributed by atoms with E-state index in [1.807, 2.05) is 90.7 Å². The van der Waals surface area contributed by atoms with E-state index in [0.717, 1.165) is 32.8 Å². The van der Waals surface area contributed by atoms with E-state index >= 15 is 0 Å². The number of hydrogen-bond acceptors (Lipinski definition) is 7. The minimum absolute atomic E-state index is 0.0835. The van der Waals surface area contributed by atoms with Crippen molar-refractivity contribution in [2.24, 2.45) is 0 Å². The van der Waals surface area contributed by atoms with Gasteiger partial charge in [0, 0.05) is 42.3 Å². The third kappa shape index (κ3) is 8.42. The van der Waals surface area contributed by atoms with E-state index in [0.29, 0.717) is 22.0 Å². The Morgan fingerprint density at radius 1 is 0.875 bits per heavy atom. The van der Waals surface area contributed by atoms with Crippen LogP contribution in [0, 0.1) is 20.8 Å². The molecule has 1 aromatic heterocycles. The Kier molecular flexibility index (Phi) is 14.1. The third-order valence-electron chi connectivity index (χ3n) is 5.78. The first-order valence-electron chi connectivity index (χ1n) is 11.8. The van der Waals surface area contributed by atoms with Gasteiger partial charge in [0.05, 0.1) is 5.69 Å². The number of aryl methyl sites for hydroxylation is 1. The molecule has 0 spiro atoms. The molecule has 3 aromatic carbocycles. The number of carbonyl (C=O) groups excluding carboxylic acids is 2. The molecule has 0 saturated carbocycles. The van der Waals surface area contributed by atoms with Crippen LogP contribution in [-0.4, -0.2) is 49.0 Å². The molecular formula is C29H34Cl2N4O4S. The van der Waals surface area contributed by atoms with E-state index in [4.69, 9.17) is 32.8 Å². The highest BCUT2D eigenvalue weighted by atomic mass is 35.5. The molecule has 0 saturated heterocycles. The van der Waals surface area contributed by atoms with Gasteiger partial charge >= 0.3 is 0 Å². The van der Waals surface area contributed by atoms with E-state index in [-0.39, 0.29) is 10.6 Å². The Bertz CT molecular complexity index is 1470. The summed E-state index contributed by atoms with van der Waals surface area (Å²) in [5.74, 6) is 0.633. The fourth-order valence-corrected chi connectivity index (χ4v) is 4.98. The maximum Gasteiger partial charge on any atom is 0.159 e. The summed E-state index contributed by atoms with van der Waals surface area (Å²) >= 11 is 12.0. The van der Waals surface area contributed by atoms with E-state index in [2.05, 4.69) is 15.0 Å². The van der Waals surface area contributed by atoms with Crippen LogP contribution in [0.3, 0.4) is 0 Å². The number of phenolic OH excluding ortho intramolecular Hbond substituents is 1. The summed E-state index contributed by atoms with van der Waals surface area (Å²) in [4.78, 5) is 22.7. The molecule has 40 heavy (non-hydrogen) atoms. The molecule has 4 aromatic rings. The number of nitrogens with one attached hydrogen (secondary N) is 2. The van der Waals surface area contributed by atoms with Gasteiger partial charge in [0.2, 0.25) is 0 Å². The van der Waals surface area contributed by atoms with Gasteiger partial charge in [-0.1, -0.05) is 35.3 Å². The number of anilines is 3. The van der Waals surface area contributed by atoms with Crippen molar-refractivity contribution in [2.45, 2.75) is 25.7 Å². The van der Waals surface area contributed by atoms with Crippen molar-refractivity contribution in [2.75, 3.05) is 36.1 Å². The number of benzene rings is 3. The van der Waals surface area contributed by atoms with E-state index < -0.39 is 11.0 Å². The molecule has 0 amide bonds. The van der Waals surface area contributed by atoms with Gasteiger partial charge in [0.1, 0.15) is 29.8 Å². The molecule has 4 rings (SSSR count). The van der Waals surface area contributed by atoms with Crippen molar-refractivity contribution < 1.29 is 18.9 Å². The Morgan fingerprint density at radius 3 is 1.90 bits per heavy atom. The number of halogens is 2. The van der Waals surface area contributed by atoms with Gasteiger partial charge in [0.25, 0.3) is 0 Å². The second kappa shape index (κ2) is 16.4. The molecular weight excluding hydrogens is 571 g/mol. The third-order valence-corrected chi connectivity index (χ3v) is 7.71. The molecule has 1 heterocycles. The van der Waals surface area contributed by atoms with E-state index in [9.17, 15) is 9.32 Å². The highest BCUT2D eigenvalue weighted by molar-refractivity contribution is 7.86. The molecule has 214 valence electrons. The maximum atomic E-state index is 12.9. The molecule has 1 atom stereocenters. The molecule has 3 N–H and O–H groups in total. The summed E-state index contributed by atoms with van der Waals surface area (Å²) < 4.78 is 15.8. The molecule has 0 bridgehead atoms. The van der Waals surface area contributed by atoms with Gasteiger partial charge in [-0.15, -0.1) is 0 Å². The first-order chi connectivity index (χ1) is 19.0. The Morgan fingerprint density at radius 2 is 1.40 bits per heavy atom. The second-order valence-electron chi connectivity index (χ2n) is 8.45. The first-order valence-corrected chi connectivity index (χ1v) is 13.7. The normalized spacial score (nSPS) is 10.5. The summed E-state index contributed by atoms with van der Waals surface area (Å²) in [6, 6.07) is 16.7. The minimum Gasteiger partial charge on any atom is -0.504 e. The number of phenols is 1. The maximum absolute atomic E-state index is 12.9. The van der Waals surface area contributed by atoms with Crippen molar-refractivity contribution in [1.82, 2.24) is 4.98 Å². The fourth-order valence-electron chi connectivity index (χ4n) is 3.55. The molecule has 8 nitrogen and oxygen atoms in total. The van der Waals surface area contributed by atoms with Crippen molar-refractivity contribution in [3.63, 3.8) is 0 Å². The SMILES string of the molecule is C=O.C=O.CNc1cccc(Cl)c1C.Cc1c(Cl)cccc1NS(=O)c1cc(C)c2ccc(N(C)C)nc2c1O. The number of rotatable bonds is 5. The van der Waals surface area contributed by atoms with Crippen LogP contribution in [0.1, 0.15) is 16.7 Å². The van der Waals surface area contributed by atoms with Gasteiger partial charge in [-0.25, -0.2) is 9.19 Å². The van der Waals surface area contributed by atoms with Gasteiger partial charge in [0.15, 0.2) is 16.7 Å². The summed E-state index contributed by atoms with van der Waals surface area (Å²) in [5, 5.41) is 16.0. The van der Waals surface area contributed by atoms with Crippen molar-refractivity contribution in [3.8, 4) is 5.75 Å². The van der Waals surface area contributed by atoms with Crippen LogP contribution in [0.2, 0.25) is 10.0 Å². The molecule has 0 aliphatic carbocycles. The Labute approximate surface area is 247 Å². The average Bonchev–Trinajstić information content (AvgIpc) is 2.96. The fraction of sp³-hybridized carbons (Fsp3) is 0.207. The van der Waals surface area contributed by atoms with Crippen LogP contribution < -0.4 is 14.9 Å². The molecule has 1 unspecified atom stereocenters. The number of carbonyl (C=O) groups is 2. The standard InChI is InChI=1S/C19H20ClN3O2S.C8H10ClN.2CH2O/c1-11-10-16(26(25)22-15-7-5-6-14(20)12(15)2)19(24)18-13(11)8-9-17(21-18)23(3)4;1-6-7(9)4-3-5-8(6)10-2;2*1-2/h5-10,22,24H,1-4H3;3-5,10H,1-2H3;2*1H2. The highest BCUT2D eigenvalue weighted by Gasteiger charge is 2.18. The van der Waals surface area contributed by atoms with E-state index in [1.54, 1.807) is 24.3 Å². The van der Waals surface area contributed by atoms with Crippen LogP contribution in [0.15, 0.2) is 59.5 Å². The number of nitrogens with zero attached hydrogens (tertiary/aromatic N) is 2. The first kappa shape index (κ1) is 34.4. The summed E-state index contributed by atoms with van der Waals surface area (Å²) in [6.07, 6.45) is 0. The lowest BCUT2D eigenvalue weighted by Crippen LogP contribution is -2.11. The minimum atomic E-state index is -1.66. The predicted octanol–water partition coefficient (Wildman–Crippen LogP) is 6.73. The van der Waals surface area contributed by atoms with Gasteiger partial charge in [-0.3, -0.25) is 0 Å². The number of aromatic hydroxyl groups is 1. The van der Waals surface area contributed by atoms with Gasteiger partial charge in [-0.05, 0) is 79.9 Å². The van der Waals surface area contributed by atoms with Crippen LogP contribution >= 0.6 is 23.2 Å². The van der Waals surface area contributed by atoms with Crippen LogP contribution in [0.4, 0.5) is 17.2 Å². The van der Waals surface area contributed by atoms with Crippen molar-refractivity contribution in [1.29, 1.82) is 0 Å². The monoisotopic (exact) mass is 604 g/mol. The second-order valence-corrected chi connectivity index (χ2v) is 10.4. The van der Waals surface area contributed by atoms with Gasteiger partial charge in [-0.2, -0.15) is 0 Å². The quantitative estimate of drug-likeness (QED) is 0.231. The molecule has 0 aliphatic heterocycles. The Hall–Kier alpha value is -3.66. The molecule has 0 aliphatic rings. The summed E-state index contributed by atoms with van der Waals surface area (Å²) in [5.41, 5.74) is 4.97. The lowest BCUT2D eigenvalue weighted by molar-refractivity contribution is -0.0987. The smallest absolute Gasteiger partial charge is 0.159 e. The highest BCUT2D eigenvalue weighted by Crippen LogP contribution is 2.34. The van der Waals surface area contributed by atoms with Crippen LogP contribution in [-0.2, 0) is 20.6 Å². The molecule has 0 radical (unpaired) electrons. The van der Waals surface area contributed by atoms with Crippen molar-refractivity contribution in [3.05, 3.63) is 81.3 Å². The largest absolute Gasteiger partial charge is 0.504 e. The Balaban J connectivity index is 0.000000477. The van der Waals surface area contributed by atoms with Crippen LogP contribution in [0.25, 0.3) is 10.9 Å². The zero-order valence-electron chi connectivity index (χ0n) is 23.3. The summed E-state index contributed by atoms with van der Waals surface area (Å²) in [7, 11) is 3.98. The molecule has 0 fully saturated rings. The van der Waals surface area contributed by atoms with Crippen molar-refractivity contribution >= 4 is 75.9 Å². The van der Waals surface area contributed by atoms with E-state index in [1.165, 1.54) is 0 Å². The van der Waals surface area contributed by atoms with Gasteiger partial charge < -0.3 is 29.6 Å². The zero-order chi connectivity index (χ0) is 30.6.